The van der Waals surface area contributed by atoms with Gasteiger partial charge >= 0.3 is 0 Å². The smallest absolute Gasteiger partial charge is 0.121 e. The van der Waals surface area contributed by atoms with Gasteiger partial charge < -0.3 is 20.3 Å². The Balaban J connectivity index is 1.79. The highest BCUT2D eigenvalue weighted by Crippen LogP contribution is 2.21. The van der Waals surface area contributed by atoms with E-state index >= 15 is 0 Å². The molecule has 0 spiro atoms. The number of nitriles is 1. The Morgan fingerprint density at radius 2 is 2.20 bits per heavy atom. The van der Waals surface area contributed by atoms with Crippen molar-refractivity contribution in [2.45, 2.75) is 6.42 Å². The van der Waals surface area contributed by atoms with Gasteiger partial charge in [0.1, 0.15) is 11.8 Å². The van der Waals surface area contributed by atoms with Gasteiger partial charge in [0.2, 0.25) is 0 Å². The van der Waals surface area contributed by atoms with Crippen molar-refractivity contribution in [3.05, 3.63) is 23.8 Å². The van der Waals surface area contributed by atoms with Crippen LogP contribution in [0.15, 0.2) is 18.2 Å². The van der Waals surface area contributed by atoms with Crippen molar-refractivity contribution in [2.75, 3.05) is 51.7 Å². The predicted molar refractivity (Wildman–Crippen MR) is 80.1 cm³/mol. The second kappa shape index (κ2) is 7.73. The molecule has 108 valence electrons. The molecule has 0 amide bonds. The molecule has 0 bridgehead atoms. The number of rotatable bonds is 6. The van der Waals surface area contributed by atoms with E-state index in [2.05, 4.69) is 21.6 Å². The topological polar surface area (TPSA) is 60.3 Å². The van der Waals surface area contributed by atoms with Crippen molar-refractivity contribution in [3.63, 3.8) is 0 Å². The summed E-state index contributed by atoms with van der Waals surface area (Å²) in [4.78, 5) is 2.47. The molecule has 2 N–H and O–H groups in total. The molecule has 0 saturated carbocycles. The van der Waals surface area contributed by atoms with E-state index < -0.39 is 0 Å². The number of anilines is 1. The fourth-order valence-corrected chi connectivity index (χ4v) is 2.35. The summed E-state index contributed by atoms with van der Waals surface area (Å²) in [6.45, 7) is 6.39. The molecule has 1 saturated heterocycles. The van der Waals surface area contributed by atoms with Crippen molar-refractivity contribution >= 4 is 5.69 Å². The van der Waals surface area contributed by atoms with Gasteiger partial charge in [-0.3, -0.25) is 0 Å². The van der Waals surface area contributed by atoms with Crippen LogP contribution in [0, 0.1) is 11.3 Å². The van der Waals surface area contributed by atoms with Gasteiger partial charge in [0.15, 0.2) is 0 Å². The molecule has 0 radical (unpaired) electrons. The van der Waals surface area contributed by atoms with Gasteiger partial charge in [0.25, 0.3) is 0 Å². The minimum absolute atomic E-state index is 0.660. The molecule has 2 rings (SSSR count). The quantitative estimate of drug-likeness (QED) is 0.765. The van der Waals surface area contributed by atoms with Crippen molar-refractivity contribution in [3.8, 4) is 11.8 Å². The summed E-state index contributed by atoms with van der Waals surface area (Å²) in [6, 6.07) is 7.68. The van der Waals surface area contributed by atoms with E-state index in [0.717, 1.165) is 57.1 Å². The third kappa shape index (κ3) is 4.12. The molecule has 1 aromatic carbocycles. The van der Waals surface area contributed by atoms with Gasteiger partial charge in [-0.1, -0.05) is 0 Å². The van der Waals surface area contributed by atoms with Crippen molar-refractivity contribution in [1.29, 1.82) is 5.26 Å². The normalized spacial score (nSPS) is 15.6. The summed E-state index contributed by atoms with van der Waals surface area (Å²) < 4.78 is 5.19. The lowest BCUT2D eigenvalue weighted by atomic mass is 10.2. The maximum atomic E-state index is 9.10. The predicted octanol–water partition coefficient (Wildman–Crippen LogP) is 1.27. The molecule has 1 aliphatic heterocycles. The monoisotopic (exact) mass is 274 g/mol. The Labute approximate surface area is 120 Å². The average Bonchev–Trinajstić information content (AvgIpc) is 2.52. The number of methoxy groups -OCH3 is 1. The Morgan fingerprint density at radius 1 is 1.40 bits per heavy atom. The first kappa shape index (κ1) is 14.6. The standard InChI is InChI=1S/C15H22N4O/c1-20-14-4-3-13(12-16)15(11-14)18-5-2-8-19-9-6-17-7-10-19/h3-4,11,17-18H,2,5-10H2,1H3. The van der Waals surface area contributed by atoms with Crippen LogP contribution in [-0.2, 0) is 0 Å². The highest BCUT2D eigenvalue weighted by Gasteiger charge is 2.08. The van der Waals surface area contributed by atoms with Crippen LogP contribution in [0.25, 0.3) is 0 Å². The van der Waals surface area contributed by atoms with Crippen molar-refractivity contribution < 1.29 is 4.74 Å². The zero-order valence-corrected chi connectivity index (χ0v) is 12.0. The van der Waals surface area contributed by atoms with Gasteiger partial charge in [-0.05, 0) is 25.1 Å². The first-order valence-corrected chi connectivity index (χ1v) is 7.08. The number of ether oxygens (including phenoxy) is 1. The lowest BCUT2D eigenvalue weighted by molar-refractivity contribution is 0.240. The van der Waals surface area contributed by atoms with Crippen LogP contribution in [0.3, 0.4) is 0 Å². The Hall–Kier alpha value is -1.77. The number of hydrogen-bond acceptors (Lipinski definition) is 5. The molecular weight excluding hydrogens is 252 g/mol. The molecule has 1 heterocycles. The number of nitrogens with zero attached hydrogens (tertiary/aromatic N) is 2. The molecule has 0 aromatic heterocycles. The zero-order valence-electron chi connectivity index (χ0n) is 12.0. The molecule has 1 aromatic rings. The van der Waals surface area contributed by atoms with E-state index in [0.29, 0.717) is 5.56 Å². The molecular formula is C15H22N4O. The first-order valence-electron chi connectivity index (χ1n) is 7.08. The summed E-state index contributed by atoms with van der Waals surface area (Å²) in [7, 11) is 1.63. The van der Waals surface area contributed by atoms with Crippen molar-refractivity contribution in [1.82, 2.24) is 10.2 Å². The lowest BCUT2D eigenvalue weighted by Gasteiger charge is -2.27. The van der Waals surface area contributed by atoms with E-state index in [4.69, 9.17) is 10.00 Å². The molecule has 5 nitrogen and oxygen atoms in total. The molecule has 1 aliphatic rings. The van der Waals surface area contributed by atoms with Gasteiger partial charge in [-0.2, -0.15) is 5.26 Å². The molecule has 1 fully saturated rings. The SMILES string of the molecule is COc1ccc(C#N)c(NCCCN2CCNCC2)c1. The van der Waals surface area contributed by atoms with Gasteiger partial charge in [-0.15, -0.1) is 0 Å². The van der Waals surface area contributed by atoms with Gasteiger partial charge in [-0.25, -0.2) is 0 Å². The Morgan fingerprint density at radius 3 is 2.90 bits per heavy atom. The van der Waals surface area contributed by atoms with Crippen LogP contribution in [0.2, 0.25) is 0 Å². The molecule has 20 heavy (non-hydrogen) atoms. The zero-order chi connectivity index (χ0) is 14.2. The molecule has 0 atom stereocenters. The fraction of sp³-hybridized carbons (Fsp3) is 0.533. The Bertz CT molecular complexity index is 463. The second-order valence-electron chi connectivity index (χ2n) is 4.90. The maximum absolute atomic E-state index is 9.10. The summed E-state index contributed by atoms with van der Waals surface area (Å²) in [6.07, 6.45) is 1.07. The summed E-state index contributed by atoms with van der Waals surface area (Å²) >= 11 is 0. The average molecular weight is 274 g/mol. The lowest BCUT2D eigenvalue weighted by Crippen LogP contribution is -2.44. The van der Waals surface area contributed by atoms with Crippen LogP contribution in [0.5, 0.6) is 5.75 Å². The van der Waals surface area contributed by atoms with Crippen LogP contribution in [0.4, 0.5) is 5.69 Å². The molecule has 0 unspecified atom stereocenters. The minimum atomic E-state index is 0.660. The van der Waals surface area contributed by atoms with Crippen LogP contribution in [0.1, 0.15) is 12.0 Å². The maximum Gasteiger partial charge on any atom is 0.121 e. The highest BCUT2D eigenvalue weighted by molar-refractivity contribution is 5.60. The number of nitrogens with one attached hydrogen (secondary N) is 2. The van der Waals surface area contributed by atoms with E-state index in [1.807, 2.05) is 12.1 Å². The van der Waals surface area contributed by atoms with E-state index in [1.165, 1.54) is 0 Å². The summed E-state index contributed by atoms with van der Waals surface area (Å²) in [5, 5.41) is 15.8. The van der Waals surface area contributed by atoms with Crippen LogP contribution < -0.4 is 15.4 Å². The number of piperazine rings is 1. The first-order chi connectivity index (χ1) is 9.83. The highest BCUT2D eigenvalue weighted by atomic mass is 16.5. The number of benzene rings is 1. The third-order valence-electron chi connectivity index (χ3n) is 3.52. The Kier molecular flexibility index (Phi) is 5.66. The third-order valence-corrected chi connectivity index (χ3v) is 3.52. The summed E-state index contributed by atoms with van der Waals surface area (Å²) in [5.74, 6) is 0.772. The summed E-state index contributed by atoms with van der Waals surface area (Å²) in [5.41, 5.74) is 1.51. The van der Waals surface area contributed by atoms with E-state index in [9.17, 15) is 0 Å². The molecule has 0 aliphatic carbocycles. The van der Waals surface area contributed by atoms with E-state index in [-0.39, 0.29) is 0 Å². The fourth-order valence-electron chi connectivity index (χ4n) is 2.35. The van der Waals surface area contributed by atoms with E-state index in [1.54, 1.807) is 13.2 Å². The van der Waals surface area contributed by atoms with Crippen LogP contribution in [-0.4, -0.2) is 51.3 Å². The second-order valence-corrected chi connectivity index (χ2v) is 4.90. The minimum Gasteiger partial charge on any atom is -0.497 e. The largest absolute Gasteiger partial charge is 0.497 e. The van der Waals surface area contributed by atoms with Gasteiger partial charge in [0, 0.05) is 38.8 Å². The molecule has 5 heteroatoms. The van der Waals surface area contributed by atoms with Crippen molar-refractivity contribution in [2.24, 2.45) is 0 Å². The number of hydrogen-bond donors (Lipinski definition) is 2. The van der Waals surface area contributed by atoms with Crippen LogP contribution >= 0.6 is 0 Å². The van der Waals surface area contributed by atoms with Gasteiger partial charge in [0.05, 0.1) is 18.4 Å².